The van der Waals surface area contributed by atoms with E-state index < -0.39 is 4.92 Å². The largest absolute Gasteiger partial charge is 0.496 e. The first kappa shape index (κ1) is 14.6. The number of hydrogen-bond acceptors (Lipinski definition) is 5. The summed E-state index contributed by atoms with van der Waals surface area (Å²) >= 11 is 0. The summed E-state index contributed by atoms with van der Waals surface area (Å²) in [4.78, 5) is 38.0. The van der Waals surface area contributed by atoms with Gasteiger partial charge in [-0.2, -0.15) is 0 Å². The zero-order chi connectivity index (χ0) is 17.5. The number of nitro groups is 1. The maximum absolute atomic E-state index is 13.0. The molecule has 3 aliphatic carbocycles. The van der Waals surface area contributed by atoms with E-state index in [4.69, 9.17) is 4.74 Å². The highest BCUT2D eigenvalue weighted by molar-refractivity contribution is 6.24. The van der Waals surface area contributed by atoms with Gasteiger partial charge in [0.2, 0.25) is 11.8 Å². The van der Waals surface area contributed by atoms with Crippen molar-refractivity contribution in [2.45, 2.75) is 12.8 Å². The van der Waals surface area contributed by atoms with Crippen LogP contribution in [0.1, 0.15) is 12.8 Å². The fraction of sp³-hybridized carbons (Fsp3) is 0.444. The summed E-state index contributed by atoms with van der Waals surface area (Å²) in [5.74, 6) is -0.827. The maximum Gasteiger partial charge on any atom is 0.297 e. The van der Waals surface area contributed by atoms with Gasteiger partial charge in [0, 0.05) is 0 Å². The molecule has 0 radical (unpaired) electrons. The number of nitro benzene ring substituents is 1. The van der Waals surface area contributed by atoms with Gasteiger partial charge in [0.25, 0.3) is 5.69 Å². The molecule has 7 nitrogen and oxygen atoms in total. The molecule has 2 amide bonds. The fourth-order valence-corrected chi connectivity index (χ4v) is 5.28. The standard InChI is InChI=1S/C18H16N2O5/c1-25-9-2-5-12(13(8-9)20(23)24)19-16(21)14-10-3-4-11(15(14)17(19)22)18(10)6-7-18/h2-5,8,10-11,14-15H,6-7H2,1H3/t10-,11-,14-,15+/m1/s1. The molecule has 7 heteroatoms. The molecule has 5 rings (SSSR count). The van der Waals surface area contributed by atoms with Gasteiger partial charge in [-0.3, -0.25) is 19.7 Å². The van der Waals surface area contributed by atoms with Gasteiger partial charge < -0.3 is 4.74 Å². The molecule has 4 atom stereocenters. The number of imide groups is 1. The van der Waals surface area contributed by atoms with Crippen LogP contribution in [-0.2, 0) is 9.59 Å². The number of allylic oxidation sites excluding steroid dienone is 2. The Bertz CT molecular complexity index is 838. The van der Waals surface area contributed by atoms with Crippen LogP contribution in [0.2, 0.25) is 0 Å². The van der Waals surface area contributed by atoms with Gasteiger partial charge in [-0.1, -0.05) is 12.2 Å². The molecule has 25 heavy (non-hydrogen) atoms. The molecule has 1 spiro atoms. The molecule has 2 bridgehead atoms. The predicted octanol–water partition coefficient (Wildman–Crippen LogP) is 2.30. The van der Waals surface area contributed by atoms with E-state index in [-0.39, 0.29) is 52.3 Å². The van der Waals surface area contributed by atoms with E-state index in [0.29, 0.717) is 5.75 Å². The van der Waals surface area contributed by atoms with Gasteiger partial charge in [0.05, 0.1) is 29.9 Å². The normalized spacial score (nSPS) is 33.2. The third-order valence-electron chi connectivity index (χ3n) is 6.47. The average molecular weight is 340 g/mol. The SMILES string of the molecule is COc1ccc(N2C(=O)[C@@H]3[C@H](C2=O)[C@H]2C=C[C@H]3C23CC3)c([N+](=O)[O-])c1. The maximum atomic E-state index is 13.0. The van der Waals surface area contributed by atoms with Crippen LogP contribution in [0.5, 0.6) is 5.75 Å². The first-order valence-corrected chi connectivity index (χ1v) is 8.38. The van der Waals surface area contributed by atoms with Crippen molar-refractivity contribution < 1.29 is 19.2 Å². The Labute approximate surface area is 143 Å². The number of methoxy groups -OCH3 is 1. The molecule has 3 fully saturated rings. The number of carbonyl (C=O) groups is 2. The highest BCUT2D eigenvalue weighted by atomic mass is 16.6. The summed E-state index contributed by atoms with van der Waals surface area (Å²) in [5.41, 5.74) is -0.139. The molecular weight excluding hydrogens is 324 g/mol. The van der Waals surface area contributed by atoms with Crippen LogP contribution >= 0.6 is 0 Å². The lowest BCUT2D eigenvalue weighted by atomic mass is 9.85. The number of ether oxygens (including phenoxy) is 1. The molecule has 2 saturated carbocycles. The molecule has 1 saturated heterocycles. The van der Waals surface area contributed by atoms with Gasteiger partial charge in [-0.05, 0) is 42.2 Å². The summed E-state index contributed by atoms with van der Waals surface area (Å²) in [5, 5.41) is 11.4. The third kappa shape index (κ3) is 1.61. The smallest absolute Gasteiger partial charge is 0.297 e. The van der Waals surface area contributed by atoms with Crippen molar-refractivity contribution in [2.75, 3.05) is 12.0 Å². The van der Waals surface area contributed by atoms with E-state index in [1.807, 2.05) is 0 Å². The lowest BCUT2D eigenvalue weighted by molar-refractivity contribution is -0.384. The molecule has 1 heterocycles. The quantitative estimate of drug-likeness (QED) is 0.364. The zero-order valence-corrected chi connectivity index (χ0v) is 13.5. The molecule has 0 unspecified atom stereocenters. The monoisotopic (exact) mass is 340 g/mol. The van der Waals surface area contributed by atoms with E-state index >= 15 is 0 Å². The van der Waals surface area contributed by atoms with E-state index in [2.05, 4.69) is 12.2 Å². The lowest BCUT2D eigenvalue weighted by Gasteiger charge is -2.21. The number of amides is 2. The Morgan fingerprint density at radius 3 is 2.24 bits per heavy atom. The summed E-state index contributed by atoms with van der Waals surface area (Å²) in [6, 6.07) is 4.21. The Morgan fingerprint density at radius 1 is 1.16 bits per heavy atom. The first-order chi connectivity index (χ1) is 12.0. The van der Waals surface area contributed by atoms with Crippen LogP contribution in [0, 0.1) is 39.2 Å². The van der Waals surface area contributed by atoms with Gasteiger partial charge in [-0.25, -0.2) is 4.90 Å². The molecule has 128 valence electrons. The van der Waals surface area contributed by atoms with Crippen molar-refractivity contribution in [2.24, 2.45) is 29.1 Å². The van der Waals surface area contributed by atoms with Crippen LogP contribution in [0.4, 0.5) is 11.4 Å². The average Bonchev–Trinajstić information content (AvgIpc) is 3.20. The second-order valence-electron chi connectivity index (χ2n) is 7.34. The molecule has 0 N–H and O–H groups in total. The molecule has 1 aromatic carbocycles. The Morgan fingerprint density at radius 2 is 1.76 bits per heavy atom. The minimum absolute atomic E-state index is 0.0412. The van der Waals surface area contributed by atoms with E-state index in [0.717, 1.165) is 17.7 Å². The van der Waals surface area contributed by atoms with Crippen molar-refractivity contribution in [1.82, 2.24) is 0 Å². The third-order valence-corrected chi connectivity index (χ3v) is 6.47. The van der Waals surface area contributed by atoms with E-state index in [9.17, 15) is 19.7 Å². The zero-order valence-electron chi connectivity index (χ0n) is 13.5. The van der Waals surface area contributed by atoms with Crippen LogP contribution in [0.3, 0.4) is 0 Å². The van der Waals surface area contributed by atoms with Crippen molar-refractivity contribution in [3.8, 4) is 5.75 Å². The minimum Gasteiger partial charge on any atom is -0.496 e. The second kappa shape index (κ2) is 4.47. The summed E-state index contributed by atoms with van der Waals surface area (Å²) in [6.07, 6.45) is 6.28. The minimum atomic E-state index is -0.582. The van der Waals surface area contributed by atoms with Crippen molar-refractivity contribution in [3.05, 3.63) is 40.5 Å². The first-order valence-electron chi connectivity index (χ1n) is 8.38. The number of rotatable bonds is 3. The summed E-state index contributed by atoms with van der Waals surface area (Å²) in [6.45, 7) is 0. The lowest BCUT2D eigenvalue weighted by Crippen LogP contribution is -2.35. The van der Waals surface area contributed by atoms with Crippen molar-refractivity contribution >= 4 is 23.2 Å². The van der Waals surface area contributed by atoms with Gasteiger partial charge in [0.1, 0.15) is 11.4 Å². The van der Waals surface area contributed by atoms with Gasteiger partial charge in [0.15, 0.2) is 0 Å². The topological polar surface area (TPSA) is 89.8 Å². The summed E-state index contributed by atoms with van der Waals surface area (Å²) in [7, 11) is 1.41. The summed E-state index contributed by atoms with van der Waals surface area (Å²) < 4.78 is 5.03. The molecule has 1 aromatic rings. The number of nitrogens with zero attached hydrogens (tertiary/aromatic N) is 2. The highest BCUT2D eigenvalue weighted by Crippen LogP contribution is 2.73. The molecular formula is C18H16N2O5. The second-order valence-corrected chi connectivity index (χ2v) is 7.34. The Hall–Kier alpha value is -2.70. The van der Waals surface area contributed by atoms with Crippen LogP contribution in [0.15, 0.2) is 30.4 Å². The van der Waals surface area contributed by atoms with Gasteiger partial charge >= 0.3 is 0 Å². The fourth-order valence-electron chi connectivity index (χ4n) is 5.28. The molecule has 0 aromatic heterocycles. The van der Waals surface area contributed by atoms with Crippen LogP contribution in [-0.4, -0.2) is 23.8 Å². The highest BCUT2D eigenvalue weighted by Gasteiger charge is 2.73. The predicted molar refractivity (Wildman–Crippen MR) is 86.9 cm³/mol. The van der Waals surface area contributed by atoms with E-state index in [1.165, 1.54) is 25.3 Å². The van der Waals surface area contributed by atoms with Crippen LogP contribution < -0.4 is 9.64 Å². The number of benzene rings is 1. The Kier molecular flexibility index (Phi) is 2.62. The molecule has 1 aliphatic heterocycles. The number of fused-ring (bicyclic) bond motifs is 3. The molecule has 4 aliphatic rings. The number of anilines is 1. The van der Waals surface area contributed by atoms with Crippen LogP contribution in [0.25, 0.3) is 0 Å². The number of carbonyl (C=O) groups excluding carboxylic acids is 2. The Balaban J connectivity index is 1.59. The van der Waals surface area contributed by atoms with Crippen molar-refractivity contribution in [1.29, 1.82) is 0 Å². The van der Waals surface area contributed by atoms with Crippen molar-refractivity contribution in [3.63, 3.8) is 0 Å². The number of hydrogen-bond donors (Lipinski definition) is 0. The van der Waals surface area contributed by atoms with E-state index in [1.54, 1.807) is 0 Å². The van der Waals surface area contributed by atoms with Gasteiger partial charge in [-0.15, -0.1) is 0 Å².